The van der Waals surface area contributed by atoms with E-state index in [0.717, 1.165) is 39.0 Å². The molecule has 2 aliphatic carbocycles. The summed E-state index contributed by atoms with van der Waals surface area (Å²) in [7, 11) is -4.11. The summed E-state index contributed by atoms with van der Waals surface area (Å²) in [5, 5.41) is 0.882. The predicted molar refractivity (Wildman–Crippen MR) is 138 cm³/mol. The van der Waals surface area contributed by atoms with Gasteiger partial charge in [0.05, 0.1) is 5.52 Å². The van der Waals surface area contributed by atoms with Gasteiger partial charge in [-0.25, -0.2) is 4.98 Å². The number of rotatable bonds is 2. The number of hydrogen-bond acceptors (Lipinski definition) is 5. The number of benzene rings is 3. The molecule has 37 heavy (non-hydrogen) atoms. The van der Waals surface area contributed by atoms with Crippen LogP contribution in [0.5, 0.6) is 0 Å². The molecule has 1 radical (unpaired) electrons. The van der Waals surface area contributed by atoms with Gasteiger partial charge in [0.2, 0.25) is 0 Å². The second kappa shape index (κ2) is 9.57. The molecular weight excluding hydrogens is 665 g/mol. The van der Waals surface area contributed by atoms with Crippen LogP contribution in [0.4, 0.5) is 0 Å². The van der Waals surface area contributed by atoms with Crippen LogP contribution >= 0.6 is 0 Å². The van der Waals surface area contributed by atoms with Crippen LogP contribution in [0.1, 0.15) is 27.0 Å². The fourth-order valence-electron chi connectivity index (χ4n) is 4.55. The number of nitrogens with zero attached hydrogens (tertiary/aromatic N) is 2. The first-order valence-electron chi connectivity index (χ1n) is 11.1. The Labute approximate surface area is 226 Å². The number of fused-ring (bicyclic) bond motifs is 3. The summed E-state index contributed by atoms with van der Waals surface area (Å²) < 4.78 is 29.1. The Morgan fingerprint density at radius 1 is 0.784 bits per heavy atom. The van der Waals surface area contributed by atoms with Crippen molar-refractivity contribution in [1.29, 1.82) is 0 Å². The zero-order valence-corrected chi connectivity index (χ0v) is 22.3. The third-order valence-corrected chi connectivity index (χ3v) is 6.94. The minimum absolute atomic E-state index is 0. The van der Waals surface area contributed by atoms with E-state index in [9.17, 15) is 13.2 Å². The van der Waals surface area contributed by atoms with Crippen LogP contribution in [0.3, 0.4) is 0 Å². The van der Waals surface area contributed by atoms with Crippen LogP contribution in [-0.2, 0) is 30.2 Å². The van der Waals surface area contributed by atoms with Crippen molar-refractivity contribution in [2.75, 3.05) is 0 Å². The molecule has 8 heteroatoms. The number of ketones is 1. The van der Waals surface area contributed by atoms with E-state index in [-0.39, 0.29) is 30.9 Å². The van der Waals surface area contributed by atoms with Crippen molar-refractivity contribution in [2.45, 2.75) is 5.03 Å². The van der Waals surface area contributed by atoms with Crippen LogP contribution in [-0.4, -0.2) is 28.7 Å². The van der Waals surface area contributed by atoms with E-state index < -0.39 is 10.1 Å². The smallest absolute Gasteiger partial charge is 0.300 e. The van der Waals surface area contributed by atoms with E-state index >= 15 is 0 Å². The molecule has 2 aliphatic rings. The van der Waals surface area contributed by atoms with E-state index in [4.69, 9.17) is 9.54 Å². The zero-order chi connectivity index (χ0) is 24.9. The van der Waals surface area contributed by atoms with Gasteiger partial charge in [0, 0.05) is 37.3 Å². The fraction of sp³-hybridized carbons (Fsp3) is 0. The summed E-state index contributed by atoms with van der Waals surface area (Å²) in [5.74, 6) is 0.0797. The van der Waals surface area contributed by atoms with Crippen molar-refractivity contribution in [3.8, 4) is 22.4 Å². The van der Waals surface area contributed by atoms with Crippen LogP contribution in [0, 0.1) is 6.07 Å². The molecule has 0 fully saturated rings. The molecule has 7 rings (SSSR count). The van der Waals surface area contributed by atoms with Crippen LogP contribution in [0.25, 0.3) is 45.4 Å². The Morgan fingerprint density at radius 2 is 1.54 bits per heavy atom. The maximum Gasteiger partial charge on any atom is 0.312 e. The van der Waals surface area contributed by atoms with Crippen molar-refractivity contribution in [2.24, 2.45) is 0 Å². The van der Waals surface area contributed by atoms with Gasteiger partial charge in [0.25, 0.3) is 0 Å². The Hall–Kier alpha value is -3.81. The van der Waals surface area contributed by atoms with Crippen molar-refractivity contribution >= 4 is 39.0 Å². The molecule has 2 aromatic heterocycles. The molecule has 3 aromatic carbocycles. The molecular formula is C29H17IrN2O4S-. The summed E-state index contributed by atoms with van der Waals surface area (Å²) in [5.41, 5.74) is 8.66. The molecule has 1 N–H and O–H groups in total. The standard InChI is InChI=1S/C24H12NO.C5H5NO3S.Ir/c26-24-18-6-2-1-5-17(18)20-12-15(10-11-19(20)24)22-13-16-9-8-14-4-3-7-21(25-22)23(14)16;7-10(8,9)5-3-1-2-4-6-5;/h1-9,11-13H;1-4H,(H,7,8,9);/q-1;;. The minimum Gasteiger partial charge on any atom is -0.300 e. The molecule has 2 heterocycles. The Balaban J connectivity index is 0.000000218. The van der Waals surface area contributed by atoms with Crippen molar-refractivity contribution in [3.63, 3.8) is 0 Å². The normalized spacial score (nSPS) is 12.4. The van der Waals surface area contributed by atoms with Crippen LogP contribution in [0.15, 0.2) is 90.1 Å². The molecule has 5 aromatic rings. The fourth-order valence-corrected chi connectivity index (χ4v) is 4.99. The minimum atomic E-state index is -4.11. The second-order valence-corrected chi connectivity index (χ2v) is 9.73. The second-order valence-electron chi connectivity index (χ2n) is 8.36. The summed E-state index contributed by atoms with van der Waals surface area (Å²) in [4.78, 5) is 20.8. The predicted octanol–water partition coefficient (Wildman–Crippen LogP) is 5.72. The van der Waals surface area contributed by atoms with Gasteiger partial charge in [0.1, 0.15) is 0 Å². The summed E-state index contributed by atoms with van der Waals surface area (Å²) in [6.45, 7) is 0. The number of pyridine rings is 2. The summed E-state index contributed by atoms with van der Waals surface area (Å²) in [6.07, 6.45) is 5.56. The third-order valence-electron chi connectivity index (χ3n) is 6.17. The first-order chi connectivity index (χ1) is 17.4. The topological polar surface area (TPSA) is 97.2 Å². The number of aromatic nitrogens is 2. The Morgan fingerprint density at radius 3 is 2.27 bits per heavy atom. The van der Waals surface area contributed by atoms with Crippen molar-refractivity contribution in [3.05, 3.63) is 113 Å². The third kappa shape index (κ3) is 4.45. The van der Waals surface area contributed by atoms with E-state index in [1.807, 2.05) is 48.5 Å². The molecule has 0 amide bonds. The average Bonchev–Trinajstić information content (AvgIpc) is 3.44. The maximum atomic E-state index is 12.6. The number of hydrogen-bond donors (Lipinski definition) is 1. The van der Waals surface area contributed by atoms with E-state index in [1.54, 1.807) is 6.07 Å². The Bertz CT molecular complexity index is 1830. The molecule has 0 saturated carbocycles. The van der Waals surface area contributed by atoms with Gasteiger partial charge < -0.3 is 0 Å². The van der Waals surface area contributed by atoms with Crippen LogP contribution in [0.2, 0.25) is 0 Å². The van der Waals surface area contributed by atoms with Gasteiger partial charge in [-0.1, -0.05) is 71.8 Å². The molecule has 0 spiro atoms. The molecule has 0 aliphatic heterocycles. The molecule has 0 unspecified atom stereocenters. The first-order valence-corrected chi connectivity index (χ1v) is 12.5. The van der Waals surface area contributed by atoms with Crippen LogP contribution < -0.4 is 0 Å². The number of carbonyl (C=O) groups excluding carboxylic acids is 1. The van der Waals surface area contributed by atoms with Gasteiger partial charge >= 0.3 is 10.1 Å². The van der Waals surface area contributed by atoms with Gasteiger partial charge in [-0.3, -0.25) is 14.3 Å². The van der Waals surface area contributed by atoms with Crippen molar-refractivity contribution < 1.29 is 37.9 Å². The van der Waals surface area contributed by atoms with E-state index in [1.165, 1.54) is 34.8 Å². The Kier molecular flexibility index (Phi) is 6.43. The van der Waals surface area contributed by atoms with Gasteiger partial charge in [-0.2, -0.15) is 8.42 Å². The first kappa shape index (κ1) is 24.9. The monoisotopic (exact) mass is 682 g/mol. The summed E-state index contributed by atoms with van der Waals surface area (Å²) in [6, 6.07) is 27.5. The van der Waals surface area contributed by atoms with Gasteiger partial charge in [-0.05, 0) is 40.6 Å². The van der Waals surface area contributed by atoms with Crippen molar-refractivity contribution in [1.82, 2.24) is 9.97 Å². The number of carbonyl (C=O) groups is 1. The SMILES string of the molecule is O=C1c2ccccc2-c2cc(-c3cc4c5c(cccc5n3)C=C4)[c-]cc21.O=S(=O)(O)c1ccccn1.[Ir]. The molecule has 183 valence electrons. The molecule has 0 saturated heterocycles. The van der Waals surface area contributed by atoms with Gasteiger partial charge in [0.15, 0.2) is 10.8 Å². The largest absolute Gasteiger partial charge is 0.312 e. The van der Waals surface area contributed by atoms with Gasteiger partial charge in [-0.15, -0.1) is 23.8 Å². The average molecular weight is 682 g/mol. The zero-order valence-electron chi connectivity index (χ0n) is 19.0. The van der Waals surface area contributed by atoms with E-state index in [2.05, 4.69) is 35.3 Å². The maximum absolute atomic E-state index is 12.6. The van der Waals surface area contributed by atoms with E-state index in [0.29, 0.717) is 0 Å². The summed E-state index contributed by atoms with van der Waals surface area (Å²) >= 11 is 0. The molecule has 0 bridgehead atoms. The molecule has 6 nitrogen and oxygen atoms in total. The quantitative estimate of drug-likeness (QED) is 0.185. The molecule has 0 atom stereocenters.